The summed E-state index contributed by atoms with van der Waals surface area (Å²) < 4.78 is 0. The number of hydrogen-bond donors (Lipinski definition) is 2. The van der Waals surface area contributed by atoms with Gasteiger partial charge >= 0.3 is 0 Å². The third-order valence-electron chi connectivity index (χ3n) is 3.94. The highest BCUT2D eigenvalue weighted by Crippen LogP contribution is 2.28. The summed E-state index contributed by atoms with van der Waals surface area (Å²) in [4.78, 5) is 5.76. The molecule has 21 heavy (non-hydrogen) atoms. The van der Waals surface area contributed by atoms with Gasteiger partial charge in [-0.25, -0.2) is 4.98 Å². The van der Waals surface area contributed by atoms with E-state index >= 15 is 0 Å². The van der Waals surface area contributed by atoms with Crippen molar-refractivity contribution in [1.82, 2.24) is 10.3 Å². The molecule has 0 aliphatic heterocycles. The third-order valence-corrected chi connectivity index (χ3v) is 5.15. The van der Waals surface area contributed by atoms with Crippen LogP contribution in [-0.2, 0) is 19.3 Å². The van der Waals surface area contributed by atoms with Gasteiger partial charge in [0.2, 0.25) is 0 Å². The molecule has 1 aromatic carbocycles. The second kappa shape index (κ2) is 6.77. The van der Waals surface area contributed by atoms with Crippen molar-refractivity contribution in [3.8, 4) is 0 Å². The van der Waals surface area contributed by atoms with Gasteiger partial charge in [0.1, 0.15) is 0 Å². The number of nitrogens with zero attached hydrogens (tertiary/aromatic N) is 1. The Morgan fingerprint density at radius 3 is 2.95 bits per heavy atom. The monoisotopic (exact) mass is 321 g/mol. The Morgan fingerprint density at radius 1 is 1.33 bits per heavy atom. The fourth-order valence-corrected chi connectivity index (χ4v) is 3.90. The normalized spacial score (nSPS) is 17.7. The van der Waals surface area contributed by atoms with Crippen LogP contribution in [0.3, 0.4) is 0 Å². The van der Waals surface area contributed by atoms with Gasteiger partial charge < -0.3 is 11.1 Å². The average molecular weight is 322 g/mol. The van der Waals surface area contributed by atoms with E-state index in [0.29, 0.717) is 11.2 Å². The van der Waals surface area contributed by atoms with Crippen LogP contribution in [0.1, 0.15) is 29.0 Å². The Bertz CT molecular complexity index is 594. The molecule has 5 heteroatoms. The number of halogens is 1. The highest BCUT2D eigenvalue weighted by atomic mass is 35.5. The summed E-state index contributed by atoms with van der Waals surface area (Å²) in [6.07, 6.45) is 5.53. The summed E-state index contributed by atoms with van der Waals surface area (Å²) in [5.41, 5.74) is 8.35. The molecule has 1 atom stereocenters. The lowest BCUT2D eigenvalue weighted by molar-refractivity contribution is 0.455. The number of benzene rings is 1. The minimum Gasteiger partial charge on any atom is -0.375 e. The zero-order valence-electron chi connectivity index (χ0n) is 11.9. The molecule has 3 rings (SSSR count). The molecule has 1 aliphatic rings. The minimum atomic E-state index is 0.572. The van der Waals surface area contributed by atoms with E-state index < -0.39 is 0 Å². The Balaban J connectivity index is 1.41. The van der Waals surface area contributed by atoms with Crippen molar-refractivity contribution in [3.05, 3.63) is 45.4 Å². The summed E-state index contributed by atoms with van der Waals surface area (Å²) in [5.74, 6) is 0. The number of nitrogens with two attached hydrogens (primary N) is 1. The number of thiazole rings is 1. The van der Waals surface area contributed by atoms with E-state index in [1.807, 2.05) is 12.1 Å². The molecule has 0 spiro atoms. The molecule has 1 heterocycles. The maximum absolute atomic E-state index is 5.89. The van der Waals surface area contributed by atoms with E-state index in [-0.39, 0.29) is 0 Å². The number of rotatable bonds is 5. The molecule has 0 fully saturated rings. The van der Waals surface area contributed by atoms with Crippen molar-refractivity contribution < 1.29 is 0 Å². The van der Waals surface area contributed by atoms with Gasteiger partial charge in [0, 0.05) is 15.9 Å². The number of fused-ring (bicyclic) bond motifs is 1. The number of hydrogen-bond acceptors (Lipinski definition) is 4. The van der Waals surface area contributed by atoms with E-state index in [1.165, 1.54) is 16.1 Å². The lowest BCUT2D eigenvalue weighted by Gasteiger charge is -2.22. The molecule has 1 aromatic heterocycles. The first kappa shape index (κ1) is 14.8. The Morgan fingerprint density at radius 2 is 2.14 bits per heavy atom. The van der Waals surface area contributed by atoms with E-state index in [9.17, 15) is 0 Å². The van der Waals surface area contributed by atoms with E-state index in [2.05, 4.69) is 22.4 Å². The van der Waals surface area contributed by atoms with Crippen molar-refractivity contribution in [2.24, 2.45) is 0 Å². The molecular formula is C16H20ClN3S. The highest BCUT2D eigenvalue weighted by Gasteiger charge is 2.21. The zero-order valence-corrected chi connectivity index (χ0v) is 13.5. The van der Waals surface area contributed by atoms with Gasteiger partial charge in [-0.3, -0.25) is 0 Å². The van der Waals surface area contributed by atoms with E-state index in [4.69, 9.17) is 17.3 Å². The van der Waals surface area contributed by atoms with Crippen molar-refractivity contribution in [2.75, 3.05) is 12.3 Å². The predicted octanol–water partition coefficient (Wildman–Crippen LogP) is 3.46. The Hall–Kier alpha value is -1.10. The molecule has 0 saturated carbocycles. The first-order valence-corrected chi connectivity index (χ1v) is 8.62. The predicted molar refractivity (Wildman–Crippen MR) is 90.1 cm³/mol. The fraction of sp³-hybridized carbons (Fsp3) is 0.438. The molecule has 0 saturated heterocycles. The molecule has 1 unspecified atom stereocenters. The number of nitrogens with one attached hydrogen (secondary N) is 1. The Kier molecular flexibility index (Phi) is 4.78. The van der Waals surface area contributed by atoms with Crippen molar-refractivity contribution in [3.63, 3.8) is 0 Å². The molecular weight excluding hydrogens is 302 g/mol. The number of nitrogen functional groups attached to an aromatic ring is 1. The maximum atomic E-state index is 5.89. The third kappa shape index (κ3) is 3.96. The zero-order chi connectivity index (χ0) is 14.7. The number of anilines is 1. The molecule has 0 bridgehead atoms. The summed E-state index contributed by atoms with van der Waals surface area (Å²) in [6, 6.07) is 8.70. The van der Waals surface area contributed by atoms with Crippen LogP contribution < -0.4 is 11.1 Å². The van der Waals surface area contributed by atoms with Crippen LogP contribution in [0, 0.1) is 0 Å². The molecule has 0 amide bonds. The highest BCUT2D eigenvalue weighted by molar-refractivity contribution is 7.15. The molecule has 1 aliphatic carbocycles. The topological polar surface area (TPSA) is 50.9 Å². The molecule has 3 N–H and O–H groups in total. The summed E-state index contributed by atoms with van der Waals surface area (Å²) in [5, 5.41) is 5.18. The molecule has 112 valence electrons. The average Bonchev–Trinajstić information content (AvgIpc) is 2.85. The SMILES string of the molecule is Nc1nc2c(s1)CC(NCCCc1ccc(Cl)cc1)CC2. The molecule has 0 radical (unpaired) electrons. The quantitative estimate of drug-likeness (QED) is 0.829. The first-order valence-electron chi connectivity index (χ1n) is 7.42. The van der Waals surface area contributed by atoms with Gasteiger partial charge in [0.15, 0.2) is 5.13 Å². The van der Waals surface area contributed by atoms with Crippen LogP contribution >= 0.6 is 22.9 Å². The van der Waals surface area contributed by atoms with Crippen LogP contribution in [0.15, 0.2) is 24.3 Å². The maximum Gasteiger partial charge on any atom is 0.180 e. The first-order chi connectivity index (χ1) is 10.2. The second-order valence-electron chi connectivity index (χ2n) is 5.55. The van der Waals surface area contributed by atoms with Gasteiger partial charge in [-0.2, -0.15) is 0 Å². The summed E-state index contributed by atoms with van der Waals surface area (Å²) in [6.45, 7) is 1.05. The minimum absolute atomic E-state index is 0.572. The summed E-state index contributed by atoms with van der Waals surface area (Å²) in [7, 11) is 0. The molecule has 2 aromatic rings. The van der Waals surface area contributed by atoms with Gasteiger partial charge in [-0.1, -0.05) is 23.7 Å². The number of aromatic nitrogens is 1. The van der Waals surface area contributed by atoms with Crippen LogP contribution in [0.4, 0.5) is 5.13 Å². The Labute approximate surface area is 134 Å². The lowest BCUT2D eigenvalue weighted by Crippen LogP contribution is -2.34. The van der Waals surface area contributed by atoms with Crippen molar-refractivity contribution >= 4 is 28.1 Å². The van der Waals surface area contributed by atoms with Crippen molar-refractivity contribution in [1.29, 1.82) is 0 Å². The van der Waals surface area contributed by atoms with Gasteiger partial charge in [0.25, 0.3) is 0 Å². The van der Waals surface area contributed by atoms with E-state index in [0.717, 1.165) is 43.7 Å². The molecule has 3 nitrogen and oxygen atoms in total. The van der Waals surface area contributed by atoms with Crippen LogP contribution in [0.5, 0.6) is 0 Å². The smallest absolute Gasteiger partial charge is 0.180 e. The fourth-order valence-electron chi connectivity index (χ4n) is 2.82. The lowest BCUT2D eigenvalue weighted by atomic mass is 9.97. The van der Waals surface area contributed by atoms with Gasteiger partial charge in [-0.05, 0) is 56.3 Å². The van der Waals surface area contributed by atoms with Crippen molar-refractivity contribution in [2.45, 2.75) is 38.1 Å². The van der Waals surface area contributed by atoms with Gasteiger partial charge in [-0.15, -0.1) is 11.3 Å². The van der Waals surface area contributed by atoms with Gasteiger partial charge in [0.05, 0.1) is 5.69 Å². The second-order valence-corrected chi connectivity index (χ2v) is 7.10. The van der Waals surface area contributed by atoms with Crippen LogP contribution in [-0.4, -0.2) is 17.6 Å². The van der Waals surface area contributed by atoms with Crippen LogP contribution in [0.2, 0.25) is 5.02 Å². The largest absolute Gasteiger partial charge is 0.375 e. The standard InChI is InChI=1S/C16H20ClN3S/c17-12-5-3-11(4-6-12)2-1-9-19-13-7-8-14-15(10-13)21-16(18)20-14/h3-6,13,19H,1-2,7-10H2,(H2,18,20). The summed E-state index contributed by atoms with van der Waals surface area (Å²) >= 11 is 7.54. The van der Waals surface area contributed by atoms with Crippen LogP contribution in [0.25, 0.3) is 0 Å². The number of aryl methyl sites for hydroxylation is 2. The van der Waals surface area contributed by atoms with E-state index in [1.54, 1.807) is 11.3 Å².